The van der Waals surface area contributed by atoms with Crippen LogP contribution in [0.25, 0.3) is 11.2 Å². The van der Waals surface area contributed by atoms with Gasteiger partial charge < -0.3 is 9.55 Å². The predicted molar refractivity (Wildman–Crippen MR) is 82.8 cm³/mol. The Labute approximate surface area is 126 Å². The maximum Gasteiger partial charge on any atom is 0.179 e. The highest BCUT2D eigenvalue weighted by Crippen LogP contribution is 2.36. The Hall–Kier alpha value is -1.65. The van der Waals surface area contributed by atoms with E-state index in [-0.39, 0.29) is 0 Å². The Kier molecular flexibility index (Phi) is 2.69. The lowest BCUT2D eigenvalue weighted by molar-refractivity contribution is 0.511. The summed E-state index contributed by atoms with van der Waals surface area (Å²) in [7, 11) is 0. The minimum atomic E-state index is 0.523. The molecule has 5 heteroatoms. The Morgan fingerprint density at radius 1 is 1.40 bits per heavy atom. The third-order valence-corrected chi connectivity index (χ3v) is 4.47. The number of rotatable bonds is 2. The molecule has 0 saturated carbocycles. The van der Waals surface area contributed by atoms with Gasteiger partial charge in [-0.15, -0.1) is 0 Å². The number of fused-ring (bicyclic) bond motifs is 2. The molecule has 100 valence electrons. The van der Waals surface area contributed by atoms with Gasteiger partial charge >= 0.3 is 0 Å². The van der Waals surface area contributed by atoms with Gasteiger partial charge in [0.05, 0.1) is 10.5 Å². The summed E-state index contributed by atoms with van der Waals surface area (Å²) in [6.45, 7) is 0.866. The number of hydrogen-bond donors (Lipinski definition) is 1. The van der Waals surface area contributed by atoms with Crippen LogP contribution in [0.3, 0.4) is 0 Å². The van der Waals surface area contributed by atoms with Crippen molar-refractivity contribution in [3.63, 3.8) is 0 Å². The van der Waals surface area contributed by atoms with E-state index in [0.29, 0.717) is 15.7 Å². The van der Waals surface area contributed by atoms with Crippen molar-refractivity contribution in [1.82, 2.24) is 14.5 Å². The quantitative estimate of drug-likeness (QED) is 0.723. The molecule has 1 unspecified atom stereocenters. The number of imidazole rings is 1. The molecule has 4 rings (SSSR count). The maximum atomic E-state index is 5.97. The van der Waals surface area contributed by atoms with E-state index in [9.17, 15) is 0 Å². The molecule has 0 aliphatic heterocycles. The first-order valence-corrected chi connectivity index (χ1v) is 7.33. The van der Waals surface area contributed by atoms with Crippen molar-refractivity contribution in [2.24, 2.45) is 0 Å². The summed E-state index contributed by atoms with van der Waals surface area (Å²) in [4.78, 5) is 7.58. The second kappa shape index (κ2) is 4.43. The molecule has 0 fully saturated rings. The molecular weight excluding hydrogens is 290 g/mol. The van der Waals surface area contributed by atoms with Gasteiger partial charge in [-0.3, -0.25) is 0 Å². The highest BCUT2D eigenvalue weighted by molar-refractivity contribution is 7.71. The summed E-state index contributed by atoms with van der Waals surface area (Å²) in [6.07, 6.45) is 2.77. The number of nitrogens with zero attached hydrogens (tertiary/aromatic N) is 2. The number of halogens is 1. The molecule has 2 heterocycles. The van der Waals surface area contributed by atoms with Crippen LogP contribution in [-0.2, 0) is 13.0 Å². The van der Waals surface area contributed by atoms with Crippen LogP contribution in [0, 0.1) is 4.77 Å². The van der Waals surface area contributed by atoms with Crippen LogP contribution in [0.4, 0.5) is 0 Å². The molecule has 1 atom stereocenters. The number of H-pyrrole nitrogens is 1. The van der Waals surface area contributed by atoms with Crippen molar-refractivity contribution in [2.75, 3.05) is 0 Å². The number of nitrogens with one attached hydrogen (secondary N) is 1. The smallest absolute Gasteiger partial charge is 0.179 e. The third-order valence-electron chi connectivity index (χ3n) is 3.94. The van der Waals surface area contributed by atoms with E-state index in [2.05, 4.69) is 38.8 Å². The molecule has 0 spiro atoms. The van der Waals surface area contributed by atoms with E-state index in [1.165, 1.54) is 11.1 Å². The van der Waals surface area contributed by atoms with E-state index >= 15 is 0 Å². The van der Waals surface area contributed by atoms with Crippen LogP contribution in [-0.4, -0.2) is 14.5 Å². The second-order valence-electron chi connectivity index (χ2n) is 5.17. The molecular formula is C15H12ClN3S. The van der Waals surface area contributed by atoms with Crippen LogP contribution in [0.5, 0.6) is 0 Å². The monoisotopic (exact) mass is 301 g/mol. The van der Waals surface area contributed by atoms with Gasteiger partial charge in [0.15, 0.2) is 10.4 Å². The van der Waals surface area contributed by atoms with Crippen LogP contribution in [0.1, 0.15) is 17.0 Å². The molecule has 1 aromatic carbocycles. The van der Waals surface area contributed by atoms with Crippen molar-refractivity contribution in [3.05, 3.63) is 57.4 Å². The summed E-state index contributed by atoms with van der Waals surface area (Å²) in [6, 6.07) is 10.4. The average Bonchev–Trinajstić information content (AvgIpc) is 2.71. The van der Waals surface area contributed by atoms with Gasteiger partial charge in [-0.25, -0.2) is 4.98 Å². The summed E-state index contributed by atoms with van der Waals surface area (Å²) in [5, 5.41) is 0.620. The SMILES string of the molecule is S=c1[nH]c2cc(Cl)cnc2n1CC1Cc2ccccc21. The van der Waals surface area contributed by atoms with Crippen LogP contribution >= 0.6 is 23.8 Å². The van der Waals surface area contributed by atoms with E-state index in [1.807, 2.05) is 6.07 Å². The molecule has 1 N–H and O–H groups in total. The minimum Gasteiger partial charge on any atom is -0.329 e. The van der Waals surface area contributed by atoms with Gasteiger partial charge in [-0.05, 0) is 35.8 Å². The van der Waals surface area contributed by atoms with Gasteiger partial charge in [0.1, 0.15) is 0 Å². The van der Waals surface area contributed by atoms with Crippen molar-refractivity contribution >= 4 is 35.0 Å². The average molecular weight is 302 g/mol. The fraction of sp³-hybridized carbons (Fsp3) is 0.200. The number of aromatic nitrogens is 3. The lowest BCUT2D eigenvalue weighted by atomic mass is 9.77. The first-order chi connectivity index (χ1) is 9.72. The number of benzene rings is 1. The van der Waals surface area contributed by atoms with E-state index in [4.69, 9.17) is 23.8 Å². The van der Waals surface area contributed by atoms with Crippen LogP contribution in [0.2, 0.25) is 5.02 Å². The highest BCUT2D eigenvalue weighted by atomic mass is 35.5. The van der Waals surface area contributed by atoms with Gasteiger partial charge in [-0.1, -0.05) is 35.9 Å². The molecule has 20 heavy (non-hydrogen) atoms. The Morgan fingerprint density at radius 2 is 2.25 bits per heavy atom. The first-order valence-electron chi connectivity index (χ1n) is 6.54. The second-order valence-corrected chi connectivity index (χ2v) is 5.99. The minimum absolute atomic E-state index is 0.523. The third kappa shape index (κ3) is 1.79. The van der Waals surface area contributed by atoms with Crippen molar-refractivity contribution in [3.8, 4) is 0 Å². The lowest BCUT2D eigenvalue weighted by Gasteiger charge is -2.30. The molecule has 2 aromatic heterocycles. The van der Waals surface area contributed by atoms with Crippen molar-refractivity contribution < 1.29 is 0 Å². The van der Waals surface area contributed by atoms with E-state index in [0.717, 1.165) is 24.1 Å². The van der Waals surface area contributed by atoms with Crippen LogP contribution in [0.15, 0.2) is 36.5 Å². The zero-order chi connectivity index (χ0) is 13.7. The van der Waals surface area contributed by atoms with Gasteiger partial charge in [0, 0.05) is 18.7 Å². The Balaban J connectivity index is 1.74. The van der Waals surface area contributed by atoms with Gasteiger partial charge in [0.2, 0.25) is 0 Å². The standard InChI is InChI=1S/C15H12ClN3S/c16-11-6-13-14(17-7-11)19(15(20)18-13)8-10-5-9-3-1-2-4-12(9)10/h1-4,6-7,10H,5,8H2,(H,18,20). The van der Waals surface area contributed by atoms with Crippen molar-refractivity contribution in [1.29, 1.82) is 0 Å². The largest absolute Gasteiger partial charge is 0.329 e. The highest BCUT2D eigenvalue weighted by Gasteiger charge is 2.26. The zero-order valence-corrected chi connectivity index (χ0v) is 12.2. The van der Waals surface area contributed by atoms with Gasteiger partial charge in [-0.2, -0.15) is 0 Å². The number of pyridine rings is 1. The molecule has 0 bridgehead atoms. The molecule has 0 saturated heterocycles. The molecule has 3 aromatic rings. The Bertz CT molecular complexity index is 865. The molecule has 3 nitrogen and oxygen atoms in total. The summed E-state index contributed by atoms with van der Waals surface area (Å²) in [5.74, 6) is 0.523. The fourth-order valence-electron chi connectivity index (χ4n) is 2.93. The fourth-order valence-corrected chi connectivity index (χ4v) is 3.36. The summed E-state index contributed by atoms with van der Waals surface area (Å²) in [5.41, 5.74) is 4.65. The van der Waals surface area contributed by atoms with Gasteiger partial charge in [0.25, 0.3) is 0 Å². The van der Waals surface area contributed by atoms with E-state index < -0.39 is 0 Å². The van der Waals surface area contributed by atoms with Crippen molar-refractivity contribution in [2.45, 2.75) is 18.9 Å². The maximum absolute atomic E-state index is 5.97. The topological polar surface area (TPSA) is 33.6 Å². The number of hydrogen-bond acceptors (Lipinski definition) is 2. The first kappa shape index (κ1) is 12.1. The van der Waals surface area contributed by atoms with E-state index in [1.54, 1.807) is 6.20 Å². The predicted octanol–water partition coefficient (Wildman–Crippen LogP) is 4.09. The number of aromatic amines is 1. The van der Waals surface area contributed by atoms with Crippen LogP contribution < -0.4 is 0 Å². The lowest BCUT2D eigenvalue weighted by Crippen LogP contribution is -2.22. The molecule has 1 aliphatic carbocycles. The zero-order valence-electron chi connectivity index (χ0n) is 10.6. The molecule has 0 amide bonds. The Morgan fingerprint density at radius 3 is 3.10 bits per heavy atom. The summed E-state index contributed by atoms with van der Waals surface area (Å²) < 4.78 is 2.78. The molecule has 1 aliphatic rings. The molecule has 0 radical (unpaired) electrons. The summed E-state index contributed by atoms with van der Waals surface area (Å²) >= 11 is 11.4. The normalized spacial score (nSPS) is 16.9.